The van der Waals surface area contributed by atoms with Crippen LogP contribution >= 0.6 is 11.3 Å². The summed E-state index contributed by atoms with van der Waals surface area (Å²) in [5, 5.41) is 12.3. The monoisotopic (exact) mass is 289 g/mol. The molecule has 0 amide bonds. The molecule has 1 aliphatic heterocycles. The van der Waals surface area contributed by atoms with Crippen molar-refractivity contribution < 1.29 is 13.5 Å². The zero-order chi connectivity index (χ0) is 13.2. The van der Waals surface area contributed by atoms with Gasteiger partial charge in [0.25, 0.3) is 0 Å². The summed E-state index contributed by atoms with van der Waals surface area (Å²) in [5.74, 6) is 1.09. The Morgan fingerprint density at radius 2 is 2.17 bits per heavy atom. The number of rotatable bonds is 4. The lowest BCUT2D eigenvalue weighted by molar-refractivity contribution is 0.194. The van der Waals surface area contributed by atoms with Gasteiger partial charge in [-0.25, -0.2) is 13.4 Å². The molecule has 1 unspecified atom stereocenters. The molecule has 0 spiro atoms. The van der Waals surface area contributed by atoms with Gasteiger partial charge < -0.3 is 5.11 Å². The third-order valence-corrected chi connectivity index (χ3v) is 5.88. The average Bonchev–Trinajstić information content (AvgIpc) is 2.68. The number of aromatic nitrogens is 1. The highest BCUT2D eigenvalue weighted by Gasteiger charge is 2.24. The average molecular weight is 289 g/mol. The molecule has 0 saturated carbocycles. The van der Waals surface area contributed by atoms with Crippen LogP contribution in [0.3, 0.4) is 0 Å². The van der Waals surface area contributed by atoms with Gasteiger partial charge in [0.15, 0.2) is 0 Å². The van der Waals surface area contributed by atoms with Crippen LogP contribution in [0.4, 0.5) is 0 Å². The Morgan fingerprint density at radius 3 is 2.78 bits per heavy atom. The Bertz CT molecular complexity index is 479. The second kappa shape index (κ2) is 5.67. The molecular formula is C12H19NO3S2. The molecular weight excluding hydrogens is 270 g/mol. The second-order valence-electron chi connectivity index (χ2n) is 5.09. The quantitative estimate of drug-likeness (QED) is 0.910. The van der Waals surface area contributed by atoms with Gasteiger partial charge in [0, 0.05) is 18.2 Å². The number of hydrogen-bond donors (Lipinski definition) is 1. The number of aliphatic hydroxyl groups is 1. The van der Waals surface area contributed by atoms with Crippen LogP contribution in [0, 0.1) is 5.92 Å². The fourth-order valence-electron chi connectivity index (χ4n) is 2.23. The van der Waals surface area contributed by atoms with Crippen molar-refractivity contribution in [2.75, 3.05) is 11.5 Å². The van der Waals surface area contributed by atoms with Crippen LogP contribution in [0.5, 0.6) is 0 Å². The zero-order valence-corrected chi connectivity index (χ0v) is 12.1. The lowest BCUT2D eigenvalue weighted by atomic mass is 9.99. The van der Waals surface area contributed by atoms with Crippen LogP contribution < -0.4 is 0 Å². The number of sulfone groups is 1. The minimum Gasteiger partial charge on any atom is -0.393 e. The van der Waals surface area contributed by atoms with Crippen molar-refractivity contribution >= 4 is 21.2 Å². The molecule has 1 aromatic heterocycles. The van der Waals surface area contributed by atoms with E-state index in [2.05, 4.69) is 4.98 Å². The van der Waals surface area contributed by atoms with Crippen LogP contribution in [-0.2, 0) is 22.7 Å². The molecule has 18 heavy (non-hydrogen) atoms. The van der Waals surface area contributed by atoms with Gasteiger partial charge in [0.1, 0.15) is 9.84 Å². The molecule has 1 saturated heterocycles. The molecule has 0 bridgehead atoms. The topological polar surface area (TPSA) is 67.3 Å². The van der Waals surface area contributed by atoms with Crippen molar-refractivity contribution in [1.82, 2.24) is 4.98 Å². The van der Waals surface area contributed by atoms with Crippen molar-refractivity contribution in [3.8, 4) is 0 Å². The van der Waals surface area contributed by atoms with Crippen LogP contribution in [-0.4, -0.2) is 36.1 Å². The highest BCUT2D eigenvalue weighted by atomic mass is 32.2. The molecule has 1 aromatic rings. The van der Waals surface area contributed by atoms with Crippen LogP contribution in [0.2, 0.25) is 0 Å². The molecule has 0 aliphatic carbocycles. The smallest absolute Gasteiger partial charge is 0.150 e. The van der Waals surface area contributed by atoms with E-state index in [4.69, 9.17) is 0 Å². The summed E-state index contributed by atoms with van der Waals surface area (Å²) in [4.78, 5) is 4.49. The number of nitrogens with zero attached hydrogens (tertiary/aromatic N) is 1. The van der Waals surface area contributed by atoms with Crippen LogP contribution in [0.15, 0.2) is 5.38 Å². The molecule has 2 rings (SSSR count). The first kappa shape index (κ1) is 14.0. The third-order valence-electron chi connectivity index (χ3n) is 3.24. The van der Waals surface area contributed by atoms with Gasteiger partial charge in [-0.1, -0.05) is 0 Å². The number of aliphatic hydroxyl groups excluding tert-OH is 1. The van der Waals surface area contributed by atoms with Crippen molar-refractivity contribution in [2.24, 2.45) is 5.92 Å². The molecule has 1 aliphatic rings. The maximum Gasteiger partial charge on any atom is 0.150 e. The highest BCUT2D eigenvalue weighted by Crippen LogP contribution is 2.24. The number of thiazole rings is 1. The Kier molecular flexibility index (Phi) is 4.40. The van der Waals surface area contributed by atoms with Gasteiger partial charge in [-0.05, 0) is 25.7 Å². The molecule has 0 radical (unpaired) electrons. The molecule has 4 nitrogen and oxygen atoms in total. The van der Waals surface area contributed by atoms with E-state index >= 15 is 0 Å². The van der Waals surface area contributed by atoms with Crippen LogP contribution in [0.1, 0.15) is 30.5 Å². The van der Waals surface area contributed by atoms with Crippen molar-refractivity contribution in [3.05, 3.63) is 16.1 Å². The van der Waals surface area contributed by atoms with Crippen molar-refractivity contribution in [3.63, 3.8) is 0 Å². The Hall–Kier alpha value is -0.460. The van der Waals surface area contributed by atoms with Crippen molar-refractivity contribution in [1.29, 1.82) is 0 Å². The largest absolute Gasteiger partial charge is 0.393 e. The van der Waals surface area contributed by atoms with E-state index in [1.54, 1.807) is 18.3 Å². The maximum atomic E-state index is 11.3. The molecule has 0 aromatic carbocycles. The first-order chi connectivity index (χ1) is 8.44. The lowest BCUT2D eigenvalue weighted by Crippen LogP contribution is -2.24. The Morgan fingerprint density at radius 1 is 1.50 bits per heavy atom. The van der Waals surface area contributed by atoms with Gasteiger partial charge in [0.05, 0.1) is 28.3 Å². The summed E-state index contributed by atoms with van der Waals surface area (Å²) in [6.07, 6.45) is 2.62. The first-order valence-corrected chi connectivity index (χ1v) is 8.96. The SMILES string of the molecule is CC(O)Cc1csc(CC2CCS(=O)(=O)CC2)n1. The summed E-state index contributed by atoms with van der Waals surface area (Å²) in [6.45, 7) is 1.75. The standard InChI is InChI=1S/C12H19NO3S2/c1-9(14)6-11-8-17-12(13-11)7-10-2-4-18(15,16)5-3-10/h8-10,14H,2-7H2,1H3. The van der Waals surface area contributed by atoms with E-state index in [-0.39, 0.29) is 6.10 Å². The predicted octanol–water partition coefficient (Wildman–Crippen LogP) is 1.43. The fraction of sp³-hybridized carbons (Fsp3) is 0.750. The summed E-state index contributed by atoms with van der Waals surface area (Å²) in [7, 11) is -2.77. The molecule has 6 heteroatoms. The summed E-state index contributed by atoms with van der Waals surface area (Å²) in [5.41, 5.74) is 0.938. The van der Waals surface area contributed by atoms with Gasteiger partial charge in [-0.3, -0.25) is 0 Å². The lowest BCUT2D eigenvalue weighted by Gasteiger charge is -2.20. The molecule has 1 fully saturated rings. The van der Waals surface area contributed by atoms with E-state index in [0.717, 1.165) is 30.0 Å². The summed E-state index contributed by atoms with van der Waals surface area (Å²) >= 11 is 1.61. The molecule has 1 atom stereocenters. The number of hydrogen-bond acceptors (Lipinski definition) is 5. The van der Waals surface area contributed by atoms with E-state index in [1.165, 1.54) is 0 Å². The molecule has 2 heterocycles. The first-order valence-electron chi connectivity index (χ1n) is 6.26. The van der Waals surface area contributed by atoms with E-state index in [0.29, 0.717) is 23.8 Å². The molecule has 102 valence electrons. The molecule has 1 N–H and O–H groups in total. The highest BCUT2D eigenvalue weighted by molar-refractivity contribution is 7.91. The van der Waals surface area contributed by atoms with Crippen molar-refractivity contribution in [2.45, 2.75) is 38.7 Å². The minimum atomic E-state index is -2.77. The second-order valence-corrected chi connectivity index (χ2v) is 8.33. The zero-order valence-electron chi connectivity index (χ0n) is 10.5. The van der Waals surface area contributed by atoms with E-state index in [9.17, 15) is 13.5 Å². The van der Waals surface area contributed by atoms with Gasteiger partial charge in [-0.15, -0.1) is 11.3 Å². The van der Waals surface area contributed by atoms with Gasteiger partial charge >= 0.3 is 0 Å². The predicted molar refractivity (Wildman–Crippen MR) is 72.6 cm³/mol. The van der Waals surface area contributed by atoms with E-state index in [1.807, 2.05) is 5.38 Å². The minimum absolute atomic E-state index is 0.323. The third kappa shape index (κ3) is 4.03. The van der Waals surface area contributed by atoms with Gasteiger partial charge in [-0.2, -0.15) is 0 Å². The Balaban J connectivity index is 1.88. The summed E-state index contributed by atoms with van der Waals surface area (Å²) in [6, 6.07) is 0. The maximum absolute atomic E-state index is 11.3. The fourth-order valence-corrected chi connectivity index (χ4v) is 4.74. The summed E-state index contributed by atoms with van der Waals surface area (Å²) < 4.78 is 22.7. The Labute approximate surface area is 112 Å². The van der Waals surface area contributed by atoms with Gasteiger partial charge in [0.2, 0.25) is 0 Å². The van der Waals surface area contributed by atoms with E-state index < -0.39 is 9.84 Å². The normalized spacial score (nSPS) is 21.9. The van der Waals surface area contributed by atoms with Crippen LogP contribution in [0.25, 0.3) is 0 Å².